The van der Waals surface area contributed by atoms with Crippen LogP contribution in [0.5, 0.6) is 5.75 Å². The predicted molar refractivity (Wildman–Crippen MR) is 164 cm³/mol. The van der Waals surface area contributed by atoms with Crippen LogP contribution < -0.4 is 10.5 Å². The molecule has 3 aromatic carbocycles. The van der Waals surface area contributed by atoms with Crippen LogP contribution in [0, 0.1) is 0 Å². The summed E-state index contributed by atoms with van der Waals surface area (Å²) in [6.07, 6.45) is 0.0549. The number of imidazole rings is 1. The first-order valence-corrected chi connectivity index (χ1v) is 14.2. The summed E-state index contributed by atoms with van der Waals surface area (Å²) in [6.45, 7) is 5.53. The Balaban J connectivity index is 1.48. The number of aromatic nitrogens is 2. The van der Waals surface area contributed by atoms with E-state index < -0.39 is 23.5 Å². The monoisotopic (exact) mass is 580 g/mol. The molecule has 43 heavy (non-hydrogen) atoms. The maximum Gasteiger partial charge on any atom is 0.306 e. The van der Waals surface area contributed by atoms with Crippen LogP contribution in [0.2, 0.25) is 0 Å². The van der Waals surface area contributed by atoms with Gasteiger partial charge in [-0.05, 0) is 57.0 Å². The van der Waals surface area contributed by atoms with Crippen LogP contribution in [0.3, 0.4) is 0 Å². The van der Waals surface area contributed by atoms with Crippen LogP contribution in [-0.4, -0.2) is 51.0 Å². The van der Waals surface area contributed by atoms with E-state index >= 15 is 0 Å². The van der Waals surface area contributed by atoms with Gasteiger partial charge < -0.3 is 24.7 Å². The van der Waals surface area contributed by atoms with Crippen molar-refractivity contribution in [3.05, 3.63) is 83.9 Å². The zero-order chi connectivity index (χ0) is 30.9. The van der Waals surface area contributed by atoms with Gasteiger partial charge in [-0.25, -0.2) is 4.98 Å². The molecule has 0 radical (unpaired) electrons. The summed E-state index contributed by atoms with van der Waals surface area (Å²) in [5.74, 6) is 0.0646. The first-order valence-electron chi connectivity index (χ1n) is 14.2. The first-order chi connectivity index (χ1) is 20.5. The SMILES string of the molecule is COc1cccc(-c2c(-c3ccccc3)nc(-c3ccc4c(c3)CN(C(CCC(=O)OC(C)(C)C)C(N)=O)C4=O)n2C)c1. The number of ether oxygens (including phenoxy) is 2. The lowest BCUT2D eigenvalue weighted by Gasteiger charge is -2.25. The van der Waals surface area contributed by atoms with E-state index in [0.29, 0.717) is 5.56 Å². The molecule has 1 unspecified atom stereocenters. The smallest absolute Gasteiger partial charge is 0.306 e. The van der Waals surface area contributed by atoms with Gasteiger partial charge in [0.1, 0.15) is 23.2 Å². The van der Waals surface area contributed by atoms with Gasteiger partial charge in [0.2, 0.25) is 5.91 Å². The second-order valence-corrected chi connectivity index (χ2v) is 11.6. The van der Waals surface area contributed by atoms with Gasteiger partial charge in [0.25, 0.3) is 5.91 Å². The molecule has 0 saturated carbocycles. The summed E-state index contributed by atoms with van der Waals surface area (Å²) >= 11 is 0. The highest BCUT2D eigenvalue weighted by Crippen LogP contribution is 2.38. The van der Waals surface area contributed by atoms with E-state index in [1.54, 1.807) is 33.9 Å². The summed E-state index contributed by atoms with van der Waals surface area (Å²) < 4.78 is 12.9. The molecule has 222 valence electrons. The maximum atomic E-state index is 13.4. The summed E-state index contributed by atoms with van der Waals surface area (Å²) in [5, 5.41) is 0. The van der Waals surface area contributed by atoms with E-state index in [-0.39, 0.29) is 25.3 Å². The van der Waals surface area contributed by atoms with Crippen molar-refractivity contribution >= 4 is 17.8 Å². The molecule has 1 atom stereocenters. The molecule has 1 aromatic heterocycles. The predicted octanol–water partition coefficient (Wildman–Crippen LogP) is 5.36. The van der Waals surface area contributed by atoms with Crippen LogP contribution in [0.4, 0.5) is 0 Å². The molecule has 2 heterocycles. The highest BCUT2D eigenvalue weighted by molar-refractivity contribution is 6.01. The lowest BCUT2D eigenvalue weighted by atomic mass is 10.0. The number of hydrogen-bond donors (Lipinski definition) is 1. The molecule has 5 rings (SSSR count). The fourth-order valence-corrected chi connectivity index (χ4v) is 5.49. The molecule has 9 heteroatoms. The minimum atomic E-state index is -0.937. The maximum absolute atomic E-state index is 13.4. The number of fused-ring (bicyclic) bond motifs is 1. The average molecular weight is 581 g/mol. The van der Waals surface area contributed by atoms with E-state index in [2.05, 4.69) is 0 Å². The Bertz CT molecular complexity index is 1690. The van der Waals surface area contributed by atoms with Gasteiger partial charge in [-0.15, -0.1) is 0 Å². The van der Waals surface area contributed by atoms with Crippen molar-refractivity contribution in [2.45, 2.75) is 51.8 Å². The highest BCUT2D eigenvalue weighted by atomic mass is 16.6. The molecule has 2 amide bonds. The van der Waals surface area contributed by atoms with Crippen LogP contribution >= 0.6 is 0 Å². The molecule has 1 aliphatic heterocycles. The van der Waals surface area contributed by atoms with E-state index in [0.717, 1.165) is 45.2 Å². The number of hydrogen-bond acceptors (Lipinski definition) is 6. The van der Waals surface area contributed by atoms with E-state index in [1.165, 1.54) is 4.90 Å². The third kappa shape index (κ3) is 6.16. The fraction of sp³-hybridized carbons (Fsp3) is 0.294. The number of nitrogens with zero attached hydrogens (tertiary/aromatic N) is 3. The first kappa shape index (κ1) is 29.6. The quantitative estimate of drug-likeness (QED) is 0.267. The van der Waals surface area contributed by atoms with Gasteiger partial charge in [-0.1, -0.05) is 48.5 Å². The van der Waals surface area contributed by atoms with E-state index in [1.807, 2.05) is 78.3 Å². The molecule has 0 spiro atoms. The zero-order valence-corrected chi connectivity index (χ0v) is 25.1. The summed E-state index contributed by atoms with van der Waals surface area (Å²) in [4.78, 5) is 44.6. The molecule has 2 N–H and O–H groups in total. The van der Waals surface area contributed by atoms with Gasteiger partial charge in [0.05, 0.1) is 18.5 Å². The lowest BCUT2D eigenvalue weighted by Crippen LogP contribution is -2.45. The number of carbonyl (C=O) groups excluding carboxylic acids is 3. The second kappa shape index (κ2) is 11.8. The Kier molecular flexibility index (Phi) is 8.08. The number of benzene rings is 3. The average Bonchev–Trinajstić information content (AvgIpc) is 3.48. The Hall–Kier alpha value is -4.92. The van der Waals surface area contributed by atoms with Crippen molar-refractivity contribution in [3.63, 3.8) is 0 Å². The van der Waals surface area contributed by atoms with Crippen molar-refractivity contribution in [1.82, 2.24) is 14.5 Å². The normalized spacial score (nSPS) is 13.5. The van der Waals surface area contributed by atoms with E-state index in [9.17, 15) is 14.4 Å². The van der Waals surface area contributed by atoms with Crippen molar-refractivity contribution in [2.24, 2.45) is 12.8 Å². The molecule has 9 nitrogen and oxygen atoms in total. The van der Waals surface area contributed by atoms with Crippen LogP contribution in [0.25, 0.3) is 33.9 Å². The third-order valence-corrected chi connectivity index (χ3v) is 7.43. The van der Waals surface area contributed by atoms with Crippen molar-refractivity contribution in [1.29, 1.82) is 0 Å². The third-order valence-electron chi connectivity index (χ3n) is 7.43. The molecule has 1 aliphatic rings. The number of rotatable bonds is 9. The number of nitrogens with two attached hydrogens (primary N) is 1. The molecule has 4 aromatic rings. The molecular formula is C34H36N4O5. The van der Waals surface area contributed by atoms with Crippen molar-refractivity contribution < 1.29 is 23.9 Å². The van der Waals surface area contributed by atoms with Crippen LogP contribution in [0.1, 0.15) is 49.5 Å². The van der Waals surface area contributed by atoms with Crippen LogP contribution in [0.15, 0.2) is 72.8 Å². The molecule has 0 aliphatic carbocycles. The van der Waals surface area contributed by atoms with Gasteiger partial charge in [0, 0.05) is 42.3 Å². The Morgan fingerprint density at radius 2 is 1.70 bits per heavy atom. The lowest BCUT2D eigenvalue weighted by molar-refractivity contribution is -0.155. The van der Waals surface area contributed by atoms with Gasteiger partial charge in [-0.3, -0.25) is 14.4 Å². The summed E-state index contributed by atoms with van der Waals surface area (Å²) in [7, 11) is 3.61. The molecule has 0 saturated heterocycles. The largest absolute Gasteiger partial charge is 0.497 e. The number of carbonyl (C=O) groups is 3. The van der Waals surface area contributed by atoms with Gasteiger partial charge in [-0.2, -0.15) is 0 Å². The van der Waals surface area contributed by atoms with Crippen molar-refractivity contribution in [3.8, 4) is 39.7 Å². The molecule has 0 bridgehead atoms. The summed E-state index contributed by atoms with van der Waals surface area (Å²) in [6, 6.07) is 22.5. The standard InChI is InChI=1S/C34H36N4O5/c1-34(2,3)43-28(39)17-16-27(31(35)40)38-20-24-18-23(14-15-26(24)33(38)41)32-36-29(21-10-7-6-8-11-21)30(37(32)4)22-12-9-13-25(19-22)42-5/h6-15,18-19,27H,16-17,20H2,1-5H3,(H2,35,40). The molecular weight excluding hydrogens is 544 g/mol. The Morgan fingerprint density at radius 3 is 2.37 bits per heavy atom. The van der Waals surface area contributed by atoms with Crippen LogP contribution in [-0.2, 0) is 27.9 Å². The number of methoxy groups -OCH3 is 1. The zero-order valence-electron chi connectivity index (χ0n) is 25.1. The fourth-order valence-electron chi connectivity index (χ4n) is 5.49. The second-order valence-electron chi connectivity index (χ2n) is 11.6. The van der Waals surface area contributed by atoms with E-state index in [4.69, 9.17) is 20.2 Å². The Labute approximate surface area is 251 Å². The van der Waals surface area contributed by atoms with Crippen molar-refractivity contribution in [2.75, 3.05) is 7.11 Å². The molecule has 0 fully saturated rings. The number of primary amides is 1. The topological polar surface area (TPSA) is 117 Å². The highest BCUT2D eigenvalue weighted by Gasteiger charge is 2.36. The Morgan fingerprint density at radius 1 is 0.977 bits per heavy atom. The number of amides is 2. The summed E-state index contributed by atoms with van der Waals surface area (Å²) in [5.41, 5.74) is 10.8. The van der Waals surface area contributed by atoms with Gasteiger partial charge in [0.15, 0.2) is 0 Å². The minimum Gasteiger partial charge on any atom is -0.497 e. The minimum absolute atomic E-state index is 0.0289. The number of esters is 1. The van der Waals surface area contributed by atoms with Gasteiger partial charge >= 0.3 is 5.97 Å².